The average molecular weight is 297 g/mol. The van der Waals surface area contributed by atoms with Gasteiger partial charge in [0.1, 0.15) is 5.15 Å². The third kappa shape index (κ3) is 2.78. The lowest BCUT2D eigenvalue weighted by Crippen LogP contribution is -2.40. The Labute approximate surface area is 114 Å². The summed E-state index contributed by atoms with van der Waals surface area (Å²) in [6, 6.07) is 0. The predicted molar refractivity (Wildman–Crippen MR) is 75.4 cm³/mol. The Bertz CT molecular complexity index is 360. The van der Waals surface area contributed by atoms with Gasteiger partial charge < -0.3 is 4.90 Å². The van der Waals surface area contributed by atoms with Crippen molar-refractivity contribution in [3.05, 3.63) is 10.0 Å². The molecule has 1 aliphatic heterocycles. The minimum absolute atomic E-state index is 0.449. The van der Waals surface area contributed by atoms with Gasteiger partial charge in [-0.25, -0.2) is 4.98 Å². The maximum atomic E-state index is 6.02. The van der Waals surface area contributed by atoms with Gasteiger partial charge in [-0.3, -0.25) is 0 Å². The van der Waals surface area contributed by atoms with Crippen LogP contribution in [-0.2, 0) is 5.88 Å². The molecule has 2 nitrogen and oxygen atoms in total. The highest BCUT2D eigenvalue weighted by molar-refractivity contribution is 8.00. The zero-order chi connectivity index (χ0) is 11.7. The highest BCUT2D eigenvalue weighted by Crippen LogP contribution is 2.34. The molecule has 1 aliphatic rings. The molecular formula is C10H14Cl2N2S2. The zero-order valence-electron chi connectivity index (χ0n) is 9.24. The smallest absolute Gasteiger partial charge is 0.187 e. The molecule has 0 saturated carbocycles. The molecule has 0 bridgehead atoms. The van der Waals surface area contributed by atoms with Crippen molar-refractivity contribution in [3.63, 3.8) is 0 Å². The van der Waals surface area contributed by atoms with Gasteiger partial charge in [0, 0.05) is 23.6 Å². The summed E-state index contributed by atoms with van der Waals surface area (Å²) in [5.41, 5.74) is 0. The molecule has 0 radical (unpaired) electrons. The van der Waals surface area contributed by atoms with Crippen LogP contribution in [-0.4, -0.2) is 28.6 Å². The molecule has 0 spiro atoms. The average Bonchev–Trinajstić information content (AvgIpc) is 2.58. The van der Waals surface area contributed by atoms with Gasteiger partial charge in [-0.1, -0.05) is 36.8 Å². The first-order valence-electron chi connectivity index (χ1n) is 5.21. The number of rotatable bonds is 2. The Hall–Kier alpha value is 0.360. The van der Waals surface area contributed by atoms with E-state index in [-0.39, 0.29) is 0 Å². The van der Waals surface area contributed by atoms with Crippen molar-refractivity contribution in [3.8, 4) is 0 Å². The van der Waals surface area contributed by atoms with E-state index in [0.717, 1.165) is 23.1 Å². The molecule has 1 aromatic rings. The normalized spacial score (nSPS) is 26.1. The number of alkyl halides is 1. The third-order valence-electron chi connectivity index (χ3n) is 2.45. The van der Waals surface area contributed by atoms with E-state index in [0.29, 0.717) is 21.5 Å². The van der Waals surface area contributed by atoms with E-state index in [4.69, 9.17) is 23.2 Å². The zero-order valence-corrected chi connectivity index (χ0v) is 12.4. The molecule has 0 N–H and O–H groups in total. The van der Waals surface area contributed by atoms with Crippen molar-refractivity contribution in [1.29, 1.82) is 0 Å². The maximum absolute atomic E-state index is 6.02. The molecule has 16 heavy (non-hydrogen) atoms. The summed E-state index contributed by atoms with van der Waals surface area (Å²) < 4.78 is 0. The number of halogens is 2. The minimum atomic E-state index is 0.449. The van der Waals surface area contributed by atoms with Crippen LogP contribution in [0.4, 0.5) is 5.13 Å². The van der Waals surface area contributed by atoms with Gasteiger partial charge in [0.25, 0.3) is 0 Å². The molecule has 2 rings (SSSR count). The molecule has 0 aromatic carbocycles. The Morgan fingerprint density at radius 2 is 2.00 bits per heavy atom. The summed E-state index contributed by atoms with van der Waals surface area (Å²) in [6.45, 7) is 6.59. The van der Waals surface area contributed by atoms with E-state index in [1.165, 1.54) is 0 Å². The number of hydrogen-bond donors (Lipinski definition) is 0. The second-order valence-corrected chi connectivity index (χ2v) is 7.58. The summed E-state index contributed by atoms with van der Waals surface area (Å²) in [7, 11) is 0. The number of anilines is 1. The van der Waals surface area contributed by atoms with Crippen molar-refractivity contribution >= 4 is 51.4 Å². The summed E-state index contributed by atoms with van der Waals surface area (Å²) >= 11 is 15.5. The van der Waals surface area contributed by atoms with E-state index >= 15 is 0 Å². The van der Waals surface area contributed by atoms with Crippen LogP contribution in [0.3, 0.4) is 0 Å². The van der Waals surface area contributed by atoms with Crippen molar-refractivity contribution in [2.24, 2.45) is 0 Å². The topological polar surface area (TPSA) is 16.1 Å². The molecule has 1 saturated heterocycles. The maximum Gasteiger partial charge on any atom is 0.187 e. The lowest BCUT2D eigenvalue weighted by atomic mass is 10.3. The Balaban J connectivity index is 2.16. The first kappa shape index (κ1) is 12.8. The summed E-state index contributed by atoms with van der Waals surface area (Å²) in [6.07, 6.45) is 0. The lowest BCUT2D eigenvalue weighted by Gasteiger charge is -2.34. The molecule has 1 aromatic heterocycles. The van der Waals surface area contributed by atoms with Gasteiger partial charge >= 0.3 is 0 Å². The third-order valence-corrected chi connectivity index (χ3v) is 5.64. The van der Waals surface area contributed by atoms with E-state index in [1.54, 1.807) is 11.3 Å². The van der Waals surface area contributed by atoms with Gasteiger partial charge in [-0.15, -0.1) is 11.6 Å². The van der Waals surface area contributed by atoms with Crippen LogP contribution >= 0.6 is 46.3 Å². The summed E-state index contributed by atoms with van der Waals surface area (Å²) in [5.74, 6) is 0.449. The number of aromatic nitrogens is 1. The van der Waals surface area contributed by atoms with E-state index < -0.39 is 0 Å². The second-order valence-electron chi connectivity index (χ2n) is 4.01. The molecule has 0 amide bonds. The predicted octanol–water partition coefficient (Wildman–Crippen LogP) is 3.87. The van der Waals surface area contributed by atoms with Crippen LogP contribution in [0, 0.1) is 0 Å². The first-order valence-corrected chi connectivity index (χ1v) is 7.89. The number of thioether (sulfide) groups is 1. The van der Waals surface area contributed by atoms with Crippen LogP contribution in [0.1, 0.15) is 18.7 Å². The van der Waals surface area contributed by atoms with Crippen LogP contribution in [0.25, 0.3) is 0 Å². The fourth-order valence-corrected chi connectivity index (χ4v) is 4.69. The molecule has 90 valence electrons. The molecule has 0 aliphatic carbocycles. The van der Waals surface area contributed by atoms with Crippen molar-refractivity contribution in [2.75, 3.05) is 18.0 Å². The van der Waals surface area contributed by atoms with E-state index in [9.17, 15) is 0 Å². The van der Waals surface area contributed by atoms with Crippen molar-refractivity contribution < 1.29 is 0 Å². The number of hydrogen-bond acceptors (Lipinski definition) is 4. The van der Waals surface area contributed by atoms with E-state index in [2.05, 4.69) is 23.7 Å². The van der Waals surface area contributed by atoms with Gasteiger partial charge in [-0.05, 0) is 0 Å². The Kier molecular flexibility index (Phi) is 4.27. The Morgan fingerprint density at radius 1 is 1.38 bits per heavy atom. The SMILES string of the molecule is CC1CN(c2nc(Cl)c(CCl)s2)CC(C)S1. The molecule has 2 unspecified atom stereocenters. The monoisotopic (exact) mass is 296 g/mol. The van der Waals surface area contributed by atoms with Crippen LogP contribution in [0.15, 0.2) is 0 Å². The van der Waals surface area contributed by atoms with Gasteiger partial charge in [0.05, 0.1) is 10.8 Å². The van der Waals surface area contributed by atoms with E-state index in [1.807, 2.05) is 11.8 Å². The first-order chi connectivity index (χ1) is 7.60. The fourth-order valence-electron chi connectivity index (χ4n) is 1.87. The fraction of sp³-hybridized carbons (Fsp3) is 0.700. The molecule has 2 atom stereocenters. The van der Waals surface area contributed by atoms with Crippen LogP contribution < -0.4 is 4.90 Å². The standard InChI is InChI=1S/C10H14Cl2N2S2/c1-6-4-14(5-7(2)15-6)10-13-9(12)8(3-11)16-10/h6-7H,3-5H2,1-2H3. The van der Waals surface area contributed by atoms with Crippen LogP contribution in [0.2, 0.25) is 5.15 Å². The lowest BCUT2D eigenvalue weighted by molar-refractivity contribution is 0.726. The van der Waals surface area contributed by atoms with Gasteiger partial charge in [0.2, 0.25) is 0 Å². The summed E-state index contributed by atoms with van der Waals surface area (Å²) in [4.78, 5) is 7.68. The van der Waals surface area contributed by atoms with Gasteiger partial charge in [-0.2, -0.15) is 11.8 Å². The minimum Gasteiger partial charge on any atom is -0.346 e. The second kappa shape index (κ2) is 5.34. The van der Waals surface area contributed by atoms with Gasteiger partial charge in [0.15, 0.2) is 5.13 Å². The largest absolute Gasteiger partial charge is 0.346 e. The number of nitrogens with zero attached hydrogens (tertiary/aromatic N) is 2. The van der Waals surface area contributed by atoms with Crippen LogP contribution in [0.5, 0.6) is 0 Å². The van der Waals surface area contributed by atoms with Crippen molar-refractivity contribution in [2.45, 2.75) is 30.2 Å². The molecule has 6 heteroatoms. The number of thiazole rings is 1. The Morgan fingerprint density at radius 3 is 2.50 bits per heavy atom. The highest BCUT2D eigenvalue weighted by Gasteiger charge is 2.25. The quantitative estimate of drug-likeness (QED) is 0.771. The molecule has 1 fully saturated rings. The van der Waals surface area contributed by atoms with Crippen molar-refractivity contribution in [1.82, 2.24) is 4.98 Å². The molecular weight excluding hydrogens is 283 g/mol. The highest BCUT2D eigenvalue weighted by atomic mass is 35.5. The summed E-state index contributed by atoms with van der Waals surface area (Å²) in [5, 5.41) is 2.87. The molecule has 2 heterocycles.